The molecule has 52 valence electrons. The van der Waals surface area contributed by atoms with Crippen LogP contribution in [-0.2, 0) is 0 Å². The molecule has 1 aromatic rings. The van der Waals surface area contributed by atoms with Crippen LogP contribution in [0.1, 0.15) is 14.5 Å². The van der Waals surface area contributed by atoms with E-state index in [1.165, 1.54) is 0 Å². The molecule has 3 heteroatoms. The molecule has 0 saturated carbocycles. The Morgan fingerprint density at radius 1 is 1.40 bits per heavy atom. The summed E-state index contributed by atoms with van der Waals surface area (Å²) in [5, 5.41) is -0.359. The topological polar surface area (TPSA) is 17.1 Å². The number of carbonyl (C=O) groups excluding carboxylic acids is 1. The molecule has 0 aliphatic heterocycles. The van der Waals surface area contributed by atoms with E-state index >= 15 is 0 Å². The van der Waals surface area contributed by atoms with E-state index in [2.05, 4.69) is 0 Å². The van der Waals surface area contributed by atoms with Crippen LogP contribution in [0.2, 0.25) is 10.0 Å². The second kappa shape index (κ2) is 3.04. The minimum atomic E-state index is -0.374. The van der Waals surface area contributed by atoms with Gasteiger partial charge in [0, 0.05) is 0 Å². The van der Waals surface area contributed by atoms with Gasteiger partial charge in [-0.05, 0) is 12.1 Å². The van der Waals surface area contributed by atoms with Crippen LogP contribution in [0.4, 0.5) is 0 Å². The standard InChI is InChI=1S/C7H4Cl2O/c8-6-2-1-3-7(9)5(6)4-10/h1-4H/i1D,2D,3D. The number of carbonyl (C=O) groups is 1. The number of rotatable bonds is 1. The zero-order valence-corrected chi connectivity index (χ0v) is 6.25. The number of aldehydes is 1. The Morgan fingerprint density at radius 2 is 1.90 bits per heavy atom. The average molecular weight is 178 g/mol. The first-order valence-electron chi connectivity index (χ1n) is 3.90. The van der Waals surface area contributed by atoms with Gasteiger partial charge in [-0.1, -0.05) is 29.2 Å². The van der Waals surface area contributed by atoms with Gasteiger partial charge in [-0.15, -0.1) is 0 Å². The number of benzene rings is 1. The van der Waals surface area contributed by atoms with E-state index in [0.29, 0.717) is 6.29 Å². The molecule has 1 aromatic carbocycles. The van der Waals surface area contributed by atoms with Crippen molar-refractivity contribution in [1.82, 2.24) is 0 Å². The van der Waals surface area contributed by atoms with Gasteiger partial charge in [0.15, 0.2) is 6.29 Å². The van der Waals surface area contributed by atoms with Crippen LogP contribution >= 0.6 is 23.2 Å². The molecule has 0 aliphatic carbocycles. The quantitative estimate of drug-likeness (QED) is 0.604. The van der Waals surface area contributed by atoms with Gasteiger partial charge in [-0.25, -0.2) is 0 Å². The zero-order valence-electron chi connectivity index (χ0n) is 7.74. The van der Waals surface area contributed by atoms with Crippen molar-refractivity contribution in [2.45, 2.75) is 0 Å². The van der Waals surface area contributed by atoms with Gasteiger partial charge >= 0.3 is 0 Å². The highest BCUT2D eigenvalue weighted by Gasteiger charge is 2.01. The van der Waals surface area contributed by atoms with Crippen molar-refractivity contribution in [3.05, 3.63) is 33.7 Å². The van der Waals surface area contributed by atoms with Crippen molar-refractivity contribution in [1.29, 1.82) is 0 Å². The lowest BCUT2D eigenvalue weighted by molar-refractivity contribution is 0.112. The van der Waals surface area contributed by atoms with Crippen molar-refractivity contribution in [2.75, 3.05) is 0 Å². The first-order valence-corrected chi connectivity index (χ1v) is 3.16. The third kappa shape index (κ3) is 1.31. The Kier molecular flexibility index (Phi) is 1.33. The summed E-state index contributed by atoms with van der Waals surface area (Å²) >= 11 is 11.1. The molecular weight excluding hydrogens is 171 g/mol. The predicted molar refractivity (Wildman–Crippen MR) is 41.8 cm³/mol. The molecule has 0 spiro atoms. The summed E-state index contributed by atoms with van der Waals surface area (Å²) in [6.45, 7) is 0. The van der Waals surface area contributed by atoms with Crippen molar-refractivity contribution in [2.24, 2.45) is 0 Å². The molecule has 0 heterocycles. The molecular formula is C7H4Cl2O. The predicted octanol–water partition coefficient (Wildman–Crippen LogP) is 2.81. The molecule has 0 aliphatic rings. The monoisotopic (exact) mass is 177 g/mol. The van der Waals surface area contributed by atoms with Gasteiger partial charge in [0.2, 0.25) is 0 Å². The summed E-state index contributed by atoms with van der Waals surface area (Å²) < 4.78 is 21.8. The molecule has 1 rings (SSSR count). The highest BCUT2D eigenvalue weighted by atomic mass is 35.5. The van der Waals surface area contributed by atoms with Gasteiger partial charge in [-0.2, -0.15) is 0 Å². The van der Waals surface area contributed by atoms with Crippen molar-refractivity contribution in [3.8, 4) is 0 Å². The van der Waals surface area contributed by atoms with Crippen LogP contribution in [0.15, 0.2) is 18.1 Å². The number of hydrogen-bond acceptors (Lipinski definition) is 1. The van der Waals surface area contributed by atoms with Gasteiger partial charge in [0.25, 0.3) is 0 Å². The number of hydrogen-bond donors (Lipinski definition) is 0. The molecule has 0 radical (unpaired) electrons. The Bertz CT molecular complexity index is 349. The van der Waals surface area contributed by atoms with Crippen LogP contribution in [0, 0.1) is 0 Å². The van der Waals surface area contributed by atoms with Crippen LogP contribution in [0.25, 0.3) is 0 Å². The summed E-state index contributed by atoms with van der Waals surface area (Å²) in [5.74, 6) is 0. The minimum Gasteiger partial charge on any atom is -0.298 e. The fourth-order valence-electron chi connectivity index (χ4n) is 0.475. The fraction of sp³-hybridized carbons (Fsp3) is 0. The molecule has 1 nitrogen and oxygen atoms in total. The van der Waals surface area contributed by atoms with E-state index in [1.807, 2.05) is 0 Å². The Hall–Kier alpha value is -0.530. The van der Waals surface area contributed by atoms with Crippen molar-refractivity contribution >= 4 is 29.5 Å². The molecule has 0 amide bonds. The lowest BCUT2D eigenvalue weighted by Gasteiger charge is -1.95. The largest absolute Gasteiger partial charge is 0.298 e. The maximum Gasteiger partial charge on any atom is 0.153 e. The highest BCUT2D eigenvalue weighted by Crippen LogP contribution is 2.21. The fourth-order valence-corrected chi connectivity index (χ4v) is 0.896. The molecule has 0 aromatic heterocycles. The summed E-state index contributed by atoms with van der Waals surface area (Å²) in [7, 11) is 0. The number of halogens is 2. The third-order valence-electron chi connectivity index (χ3n) is 0.935. The molecule has 0 saturated heterocycles. The van der Waals surface area contributed by atoms with Crippen LogP contribution in [0.3, 0.4) is 0 Å². The van der Waals surface area contributed by atoms with E-state index in [-0.39, 0.29) is 33.7 Å². The Balaban J connectivity index is 3.66. The SMILES string of the molecule is [2H]c1c([2H])c(Cl)c(C=O)c(Cl)c1[2H]. The van der Waals surface area contributed by atoms with Crippen LogP contribution in [-0.4, -0.2) is 6.29 Å². The van der Waals surface area contributed by atoms with Crippen molar-refractivity contribution < 1.29 is 8.91 Å². The zero-order chi connectivity index (χ0) is 10.2. The lowest BCUT2D eigenvalue weighted by Crippen LogP contribution is -1.81. The maximum absolute atomic E-state index is 10.5. The summed E-state index contributed by atoms with van der Waals surface area (Å²) in [5.41, 5.74) is -0.102. The molecule has 0 bridgehead atoms. The smallest absolute Gasteiger partial charge is 0.153 e. The van der Waals surface area contributed by atoms with E-state index in [0.717, 1.165) is 0 Å². The maximum atomic E-state index is 10.5. The lowest BCUT2D eigenvalue weighted by atomic mass is 10.2. The second-order valence-corrected chi connectivity index (χ2v) is 2.29. The van der Waals surface area contributed by atoms with Crippen LogP contribution < -0.4 is 0 Å². The van der Waals surface area contributed by atoms with Gasteiger partial charge in [0.05, 0.1) is 19.7 Å². The summed E-state index contributed by atoms with van der Waals surface area (Å²) in [6.07, 6.45) is 0.375. The molecule has 0 unspecified atom stereocenters. The highest BCUT2D eigenvalue weighted by molar-refractivity contribution is 6.38. The van der Waals surface area contributed by atoms with Crippen molar-refractivity contribution in [3.63, 3.8) is 0 Å². The normalized spacial score (nSPS) is 13.6. The average Bonchev–Trinajstić information content (AvgIpc) is 2.13. The van der Waals surface area contributed by atoms with Gasteiger partial charge < -0.3 is 0 Å². The molecule has 0 N–H and O–H groups in total. The van der Waals surface area contributed by atoms with E-state index in [9.17, 15) is 4.79 Å². The molecule has 0 atom stereocenters. The Morgan fingerprint density at radius 3 is 2.30 bits per heavy atom. The first-order chi connectivity index (χ1) is 6.00. The molecule has 0 fully saturated rings. The summed E-state index contributed by atoms with van der Waals surface area (Å²) in [4.78, 5) is 10.5. The minimum absolute atomic E-state index is 0.102. The van der Waals surface area contributed by atoms with E-state index in [1.54, 1.807) is 0 Å². The van der Waals surface area contributed by atoms with E-state index in [4.69, 9.17) is 27.3 Å². The van der Waals surface area contributed by atoms with Gasteiger partial charge in [0.1, 0.15) is 0 Å². The van der Waals surface area contributed by atoms with Crippen LogP contribution in [0.5, 0.6) is 0 Å². The summed E-state index contributed by atoms with van der Waals surface area (Å²) in [6, 6.07) is -1.07. The molecule has 10 heavy (non-hydrogen) atoms. The van der Waals surface area contributed by atoms with E-state index < -0.39 is 0 Å². The first kappa shape index (κ1) is 4.37. The Labute approximate surface area is 72.8 Å². The third-order valence-corrected chi connectivity index (χ3v) is 1.53. The second-order valence-electron chi connectivity index (χ2n) is 1.53. The van der Waals surface area contributed by atoms with Gasteiger partial charge in [-0.3, -0.25) is 4.79 Å².